The molecule has 1 saturated heterocycles. The molecule has 0 spiro atoms. The van der Waals surface area contributed by atoms with Crippen LogP contribution in [0.2, 0.25) is 5.15 Å². The second-order valence-corrected chi connectivity index (χ2v) is 8.52. The van der Waals surface area contributed by atoms with Crippen molar-refractivity contribution >= 4 is 23.5 Å². The van der Waals surface area contributed by atoms with Crippen molar-refractivity contribution in [3.63, 3.8) is 0 Å². The lowest BCUT2D eigenvalue weighted by Gasteiger charge is -2.34. The summed E-state index contributed by atoms with van der Waals surface area (Å²) in [6.45, 7) is 7.23. The number of nitrogens with one attached hydrogen (secondary N) is 1. The number of benzene rings is 1. The van der Waals surface area contributed by atoms with E-state index in [0.29, 0.717) is 19.4 Å². The number of piperidine rings is 1. The van der Waals surface area contributed by atoms with Gasteiger partial charge in [-0.3, -0.25) is 9.69 Å². The van der Waals surface area contributed by atoms with Crippen LogP contribution in [0.1, 0.15) is 39.2 Å². The zero-order valence-electron chi connectivity index (χ0n) is 17.0. The van der Waals surface area contributed by atoms with Gasteiger partial charge in [0.2, 0.25) is 5.82 Å². The number of hydrogen-bond acceptors (Lipinski definition) is 5. The molecule has 1 aromatic carbocycles. The summed E-state index contributed by atoms with van der Waals surface area (Å²) >= 11 is 6.25. The Morgan fingerprint density at radius 2 is 1.93 bits per heavy atom. The molecule has 156 valence electrons. The number of rotatable bonds is 4. The molecule has 1 amide bonds. The average Bonchev–Trinajstić information content (AvgIpc) is 2.66. The summed E-state index contributed by atoms with van der Waals surface area (Å²) in [6.07, 6.45) is 2.32. The highest BCUT2D eigenvalue weighted by Crippen LogP contribution is 2.22. The van der Waals surface area contributed by atoms with E-state index in [2.05, 4.69) is 10.3 Å². The number of aromatic nitrogens is 2. The maximum atomic E-state index is 13.3. The molecule has 1 fully saturated rings. The first-order valence-electron chi connectivity index (χ1n) is 9.78. The Hall–Kier alpha value is -2.38. The fraction of sp³-hybridized carbons (Fsp3) is 0.476. The third kappa shape index (κ3) is 5.58. The van der Waals surface area contributed by atoms with Gasteiger partial charge in [-0.1, -0.05) is 41.9 Å². The quantitative estimate of drug-likeness (QED) is 0.823. The highest BCUT2D eigenvalue weighted by atomic mass is 35.5. The van der Waals surface area contributed by atoms with Crippen molar-refractivity contribution in [1.82, 2.24) is 14.9 Å². The van der Waals surface area contributed by atoms with E-state index in [1.807, 2.05) is 30.3 Å². The van der Waals surface area contributed by atoms with Crippen molar-refractivity contribution < 1.29 is 9.53 Å². The molecule has 1 aliphatic heterocycles. The Morgan fingerprint density at radius 3 is 2.55 bits per heavy atom. The minimum absolute atomic E-state index is 0.00887. The summed E-state index contributed by atoms with van der Waals surface area (Å²) in [5, 5.41) is 3.42. The molecule has 0 bridgehead atoms. The van der Waals surface area contributed by atoms with Gasteiger partial charge in [0.05, 0.1) is 6.54 Å². The van der Waals surface area contributed by atoms with Crippen molar-refractivity contribution in [3.05, 3.63) is 57.6 Å². The Morgan fingerprint density at radius 1 is 1.28 bits per heavy atom. The van der Waals surface area contributed by atoms with Crippen LogP contribution in [0, 0.1) is 0 Å². The van der Waals surface area contributed by atoms with E-state index in [-0.39, 0.29) is 22.6 Å². The van der Waals surface area contributed by atoms with Gasteiger partial charge in [0.1, 0.15) is 10.8 Å². The largest absolute Gasteiger partial charge is 0.443 e. The summed E-state index contributed by atoms with van der Waals surface area (Å²) < 4.78 is 7.08. The Bertz CT molecular complexity index is 902. The lowest BCUT2D eigenvalue weighted by atomic mass is 10.1. The van der Waals surface area contributed by atoms with Gasteiger partial charge in [-0.15, -0.1) is 0 Å². The predicted molar refractivity (Wildman–Crippen MR) is 114 cm³/mol. The molecule has 2 heterocycles. The average molecular weight is 419 g/mol. The summed E-state index contributed by atoms with van der Waals surface area (Å²) in [6, 6.07) is 9.41. The number of anilines is 1. The van der Waals surface area contributed by atoms with Gasteiger partial charge >= 0.3 is 6.09 Å². The summed E-state index contributed by atoms with van der Waals surface area (Å²) in [4.78, 5) is 31.9. The monoisotopic (exact) mass is 418 g/mol. The third-order valence-corrected chi connectivity index (χ3v) is 4.80. The van der Waals surface area contributed by atoms with Gasteiger partial charge in [0.15, 0.2) is 0 Å². The van der Waals surface area contributed by atoms with Crippen molar-refractivity contribution in [3.8, 4) is 0 Å². The van der Waals surface area contributed by atoms with E-state index in [4.69, 9.17) is 16.3 Å². The first-order valence-corrected chi connectivity index (χ1v) is 10.2. The summed E-state index contributed by atoms with van der Waals surface area (Å²) in [5.41, 5.74) is -0.111. The highest BCUT2D eigenvalue weighted by molar-refractivity contribution is 6.29. The summed E-state index contributed by atoms with van der Waals surface area (Å²) in [7, 11) is 0. The Kier molecular flexibility index (Phi) is 6.59. The van der Waals surface area contributed by atoms with Crippen molar-refractivity contribution in [2.45, 2.75) is 51.8 Å². The van der Waals surface area contributed by atoms with Crippen LogP contribution in [0.4, 0.5) is 10.6 Å². The zero-order valence-corrected chi connectivity index (χ0v) is 17.8. The van der Waals surface area contributed by atoms with Crippen LogP contribution in [0.5, 0.6) is 0 Å². The third-order valence-electron chi connectivity index (χ3n) is 4.62. The number of carbonyl (C=O) groups excluding carboxylic acids is 1. The molecular weight excluding hydrogens is 392 g/mol. The summed E-state index contributed by atoms with van der Waals surface area (Å²) in [5.74, 6) is 0.00887. The number of amides is 1. The molecule has 29 heavy (non-hydrogen) atoms. The second kappa shape index (κ2) is 8.97. The van der Waals surface area contributed by atoms with E-state index >= 15 is 0 Å². The maximum absolute atomic E-state index is 13.3. The topological polar surface area (TPSA) is 76.5 Å². The second-order valence-electron chi connectivity index (χ2n) is 8.14. The predicted octanol–water partition coefficient (Wildman–Crippen LogP) is 3.44. The van der Waals surface area contributed by atoms with Crippen LogP contribution in [0.25, 0.3) is 0 Å². The van der Waals surface area contributed by atoms with Gasteiger partial charge in [-0.05, 0) is 52.3 Å². The van der Waals surface area contributed by atoms with Crippen LogP contribution in [0.15, 0.2) is 41.3 Å². The van der Waals surface area contributed by atoms with Crippen molar-refractivity contribution in [2.75, 3.05) is 18.0 Å². The number of hydrogen-bond donors (Lipinski definition) is 1. The van der Waals surface area contributed by atoms with E-state index < -0.39 is 11.7 Å². The molecular formula is C21H27ClN4O3. The number of halogens is 1. The van der Waals surface area contributed by atoms with Crippen LogP contribution >= 0.6 is 11.6 Å². The van der Waals surface area contributed by atoms with E-state index in [9.17, 15) is 9.59 Å². The van der Waals surface area contributed by atoms with Gasteiger partial charge in [0, 0.05) is 12.2 Å². The smallest absolute Gasteiger partial charge is 0.416 e. The molecule has 1 N–H and O–H groups in total. The molecule has 0 atom stereocenters. The first-order chi connectivity index (χ1) is 13.7. The minimum Gasteiger partial charge on any atom is -0.443 e. The standard InChI is InChI=1S/C21H27ClN4O3/c1-21(2,3)29-20(28)26(16-9-11-23-12-10-16)18-19(27)25(14-17(22)24-18)13-15-7-5-4-6-8-15/h4-8,14,16,23H,9-13H2,1-3H3. The van der Waals surface area contributed by atoms with E-state index in [1.54, 1.807) is 20.8 Å². The molecule has 0 aliphatic carbocycles. The molecule has 1 aliphatic rings. The normalized spacial score (nSPS) is 15.2. The van der Waals surface area contributed by atoms with Gasteiger partial charge in [-0.25, -0.2) is 9.78 Å². The molecule has 1 aromatic heterocycles. The van der Waals surface area contributed by atoms with E-state index in [1.165, 1.54) is 15.7 Å². The molecule has 0 radical (unpaired) electrons. The van der Waals surface area contributed by atoms with Crippen molar-refractivity contribution in [1.29, 1.82) is 0 Å². The molecule has 7 nitrogen and oxygen atoms in total. The fourth-order valence-electron chi connectivity index (χ4n) is 3.33. The maximum Gasteiger partial charge on any atom is 0.416 e. The number of carbonyl (C=O) groups is 1. The van der Waals surface area contributed by atoms with Gasteiger partial charge in [-0.2, -0.15) is 0 Å². The minimum atomic E-state index is -0.691. The van der Waals surface area contributed by atoms with Crippen molar-refractivity contribution in [2.24, 2.45) is 0 Å². The first kappa shape index (κ1) is 21.3. The zero-order chi connectivity index (χ0) is 21.0. The number of ether oxygens (including phenoxy) is 1. The van der Waals surface area contributed by atoms with Gasteiger partial charge in [0.25, 0.3) is 5.56 Å². The molecule has 3 rings (SSSR count). The van der Waals surface area contributed by atoms with Crippen LogP contribution in [-0.4, -0.2) is 40.4 Å². The van der Waals surface area contributed by atoms with E-state index in [0.717, 1.165) is 18.7 Å². The fourth-order valence-corrected chi connectivity index (χ4v) is 3.53. The van der Waals surface area contributed by atoms with Crippen LogP contribution in [0.3, 0.4) is 0 Å². The Balaban J connectivity index is 2.02. The SMILES string of the molecule is CC(C)(C)OC(=O)N(c1nc(Cl)cn(Cc2ccccc2)c1=O)C1CCNCC1. The lowest BCUT2D eigenvalue weighted by molar-refractivity contribution is 0.0557. The van der Waals surface area contributed by atoms with Gasteiger partial charge < -0.3 is 14.6 Å². The molecule has 2 aromatic rings. The highest BCUT2D eigenvalue weighted by Gasteiger charge is 2.34. The molecule has 0 saturated carbocycles. The molecule has 8 heteroatoms. The van der Waals surface area contributed by atoms with Crippen LogP contribution in [-0.2, 0) is 11.3 Å². The Labute approximate surface area is 175 Å². The lowest BCUT2D eigenvalue weighted by Crippen LogP contribution is -2.50. The number of nitrogens with zero attached hydrogens (tertiary/aromatic N) is 3. The van der Waals surface area contributed by atoms with Crippen LogP contribution < -0.4 is 15.8 Å². The molecule has 0 unspecified atom stereocenters.